The molecule has 110 valence electrons. The Balaban J connectivity index is 2.64. The lowest BCUT2D eigenvalue weighted by atomic mass is 10.2. The highest BCUT2D eigenvalue weighted by atomic mass is 32.2. The minimum atomic E-state index is -3.14. The van der Waals surface area contributed by atoms with Crippen molar-refractivity contribution in [3.05, 3.63) is 22.7 Å². The maximum absolute atomic E-state index is 13.6. The van der Waals surface area contributed by atoms with Crippen molar-refractivity contribution >= 4 is 33.1 Å². The molecule has 0 radical (unpaired) electrons. The summed E-state index contributed by atoms with van der Waals surface area (Å²) in [5, 5.41) is 0. The summed E-state index contributed by atoms with van der Waals surface area (Å²) in [4.78, 5) is 2.87. The summed E-state index contributed by atoms with van der Waals surface area (Å²) in [7, 11) is -1.77. The highest BCUT2D eigenvalue weighted by Crippen LogP contribution is 2.27. The molecule has 0 fully saturated rings. The first-order valence-electron chi connectivity index (χ1n) is 5.88. The molecule has 0 aliphatic carbocycles. The van der Waals surface area contributed by atoms with E-state index in [2.05, 4.69) is 4.98 Å². The van der Waals surface area contributed by atoms with Crippen LogP contribution in [0.1, 0.15) is 13.0 Å². The molecular weight excluding hydrogens is 303 g/mol. The van der Waals surface area contributed by atoms with Gasteiger partial charge in [-0.3, -0.25) is 0 Å². The van der Waals surface area contributed by atoms with Gasteiger partial charge in [0, 0.05) is 24.4 Å². The maximum atomic E-state index is 13.6. The highest BCUT2D eigenvalue weighted by Gasteiger charge is 2.17. The number of halogens is 1. The molecule has 0 spiro atoms. The Bertz CT molecular complexity index is 808. The zero-order chi connectivity index (χ0) is 15.1. The molecule has 1 unspecified atom stereocenters. The summed E-state index contributed by atoms with van der Waals surface area (Å²) < 4.78 is 43.4. The van der Waals surface area contributed by atoms with Gasteiger partial charge in [0.15, 0.2) is 16.3 Å². The fourth-order valence-corrected chi connectivity index (χ4v) is 3.65. The molecule has 1 atom stereocenters. The molecule has 8 heteroatoms. The maximum Gasteiger partial charge on any atom is 0.178 e. The van der Waals surface area contributed by atoms with E-state index in [1.807, 2.05) is 0 Å². The Morgan fingerprint density at radius 2 is 2.15 bits per heavy atom. The van der Waals surface area contributed by atoms with E-state index in [-0.39, 0.29) is 17.5 Å². The van der Waals surface area contributed by atoms with Gasteiger partial charge in [0.2, 0.25) is 0 Å². The van der Waals surface area contributed by atoms with Crippen molar-refractivity contribution in [2.45, 2.75) is 13.0 Å². The molecule has 0 aliphatic rings. The van der Waals surface area contributed by atoms with Crippen LogP contribution in [0.25, 0.3) is 11.0 Å². The third kappa shape index (κ3) is 2.85. The van der Waals surface area contributed by atoms with Crippen LogP contribution in [-0.2, 0) is 9.84 Å². The fraction of sp³-hybridized carbons (Fsp3) is 0.417. The normalized spacial score (nSPS) is 13.6. The molecule has 1 aromatic carbocycles. The minimum absolute atomic E-state index is 0.0477. The molecule has 0 bridgehead atoms. The van der Waals surface area contributed by atoms with Gasteiger partial charge in [-0.25, -0.2) is 12.8 Å². The Kier molecular flexibility index (Phi) is 3.88. The molecule has 2 rings (SSSR count). The number of hydrogen-bond acceptors (Lipinski definition) is 4. The van der Waals surface area contributed by atoms with Gasteiger partial charge in [-0.2, -0.15) is 0 Å². The quantitative estimate of drug-likeness (QED) is 0.880. The number of nitrogens with one attached hydrogen (secondary N) is 1. The Morgan fingerprint density at radius 3 is 2.70 bits per heavy atom. The van der Waals surface area contributed by atoms with Crippen LogP contribution in [-0.4, -0.2) is 37.1 Å². The van der Waals surface area contributed by atoms with Crippen LogP contribution in [0.2, 0.25) is 0 Å². The SMILES string of the molecule is COc1cc2c(cc1F)[nH]c(=S)n2C(C)CS(C)(=O)=O. The van der Waals surface area contributed by atoms with Crippen molar-refractivity contribution in [3.63, 3.8) is 0 Å². The number of hydrogen-bond donors (Lipinski definition) is 1. The zero-order valence-corrected chi connectivity index (χ0v) is 12.9. The minimum Gasteiger partial charge on any atom is -0.494 e. The molecule has 2 aromatic rings. The van der Waals surface area contributed by atoms with Crippen molar-refractivity contribution in [3.8, 4) is 5.75 Å². The Hall–Kier alpha value is -1.41. The van der Waals surface area contributed by atoms with Gasteiger partial charge in [0.25, 0.3) is 0 Å². The summed E-state index contributed by atoms with van der Waals surface area (Å²) in [6, 6.07) is 2.44. The summed E-state index contributed by atoms with van der Waals surface area (Å²) in [6.45, 7) is 1.75. The molecule has 1 N–H and O–H groups in total. The number of sulfone groups is 1. The molecular formula is C12H15FN2O3S2. The van der Waals surface area contributed by atoms with Crippen molar-refractivity contribution < 1.29 is 17.5 Å². The van der Waals surface area contributed by atoms with Gasteiger partial charge in [-0.05, 0) is 19.1 Å². The first kappa shape index (κ1) is 15.0. The summed E-state index contributed by atoms with van der Waals surface area (Å²) >= 11 is 5.19. The van der Waals surface area contributed by atoms with E-state index in [1.165, 1.54) is 25.5 Å². The molecule has 0 amide bonds. The summed E-state index contributed by atoms with van der Waals surface area (Å²) in [5.74, 6) is -0.459. The van der Waals surface area contributed by atoms with E-state index in [0.717, 1.165) is 0 Å². The monoisotopic (exact) mass is 318 g/mol. The molecule has 0 aliphatic heterocycles. The van der Waals surface area contributed by atoms with Crippen molar-refractivity contribution in [2.24, 2.45) is 0 Å². The first-order valence-corrected chi connectivity index (χ1v) is 8.35. The van der Waals surface area contributed by atoms with Crippen LogP contribution < -0.4 is 4.74 Å². The number of aromatic amines is 1. The van der Waals surface area contributed by atoms with Gasteiger partial charge < -0.3 is 14.3 Å². The van der Waals surface area contributed by atoms with Gasteiger partial charge in [0.05, 0.1) is 23.9 Å². The number of nitrogens with zero attached hydrogens (tertiary/aromatic N) is 1. The molecule has 5 nitrogen and oxygen atoms in total. The van der Waals surface area contributed by atoms with Gasteiger partial charge in [0.1, 0.15) is 9.84 Å². The lowest BCUT2D eigenvalue weighted by Crippen LogP contribution is -2.16. The number of H-pyrrole nitrogens is 1. The lowest BCUT2D eigenvalue weighted by Gasteiger charge is -2.14. The van der Waals surface area contributed by atoms with Crippen molar-refractivity contribution in [2.75, 3.05) is 19.1 Å². The van der Waals surface area contributed by atoms with Crippen LogP contribution in [0.5, 0.6) is 5.75 Å². The van der Waals surface area contributed by atoms with E-state index >= 15 is 0 Å². The third-order valence-electron chi connectivity index (χ3n) is 2.97. The second-order valence-corrected chi connectivity index (χ2v) is 7.32. The second-order valence-electron chi connectivity index (χ2n) is 4.75. The van der Waals surface area contributed by atoms with E-state index in [4.69, 9.17) is 17.0 Å². The molecule has 0 saturated carbocycles. The molecule has 0 saturated heterocycles. The van der Waals surface area contributed by atoms with Crippen molar-refractivity contribution in [1.29, 1.82) is 0 Å². The largest absolute Gasteiger partial charge is 0.494 e. The number of ether oxygens (including phenoxy) is 1. The molecule has 1 heterocycles. The average Bonchev–Trinajstić information content (AvgIpc) is 2.60. The van der Waals surface area contributed by atoms with E-state index < -0.39 is 15.7 Å². The number of benzene rings is 1. The number of imidazole rings is 1. The number of fused-ring (bicyclic) bond motifs is 1. The summed E-state index contributed by atoms with van der Waals surface area (Å²) in [5.41, 5.74) is 1.12. The number of rotatable bonds is 4. The fourth-order valence-electron chi connectivity index (χ4n) is 2.23. The smallest absolute Gasteiger partial charge is 0.178 e. The van der Waals surface area contributed by atoms with Crippen molar-refractivity contribution in [1.82, 2.24) is 9.55 Å². The average molecular weight is 318 g/mol. The zero-order valence-electron chi connectivity index (χ0n) is 11.3. The van der Waals surface area contributed by atoms with Crippen LogP contribution >= 0.6 is 12.2 Å². The van der Waals surface area contributed by atoms with Crippen LogP contribution in [0.4, 0.5) is 4.39 Å². The van der Waals surface area contributed by atoms with Crippen LogP contribution in [0, 0.1) is 10.6 Å². The Morgan fingerprint density at radius 1 is 1.50 bits per heavy atom. The van der Waals surface area contributed by atoms with E-state index in [1.54, 1.807) is 11.5 Å². The van der Waals surface area contributed by atoms with E-state index in [0.29, 0.717) is 15.8 Å². The standard InChI is InChI=1S/C12H15FN2O3S2/c1-7(6-20(3,16)17)15-10-5-11(18-2)8(13)4-9(10)14-12(15)19/h4-5,7H,6H2,1-3H3,(H,14,19). The van der Waals surface area contributed by atoms with Crippen LogP contribution in [0.15, 0.2) is 12.1 Å². The highest BCUT2D eigenvalue weighted by molar-refractivity contribution is 7.90. The van der Waals surface area contributed by atoms with Gasteiger partial charge >= 0.3 is 0 Å². The van der Waals surface area contributed by atoms with Gasteiger partial charge in [-0.1, -0.05) is 0 Å². The van der Waals surface area contributed by atoms with Crippen LogP contribution in [0.3, 0.4) is 0 Å². The lowest BCUT2D eigenvalue weighted by molar-refractivity contribution is 0.387. The van der Waals surface area contributed by atoms with E-state index in [9.17, 15) is 12.8 Å². The second kappa shape index (κ2) is 5.17. The third-order valence-corrected chi connectivity index (χ3v) is 4.36. The molecule has 1 aromatic heterocycles. The predicted molar refractivity (Wildman–Crippen MR) is 78.1 cm³/mol. The first-order chi connectivity index (χ1) is 9.23. The van der Waals surface area contributed by atoms with Gasteiger partial charge in [-0.15, -0.1) is 0 Å². The Labute approximate surface area is 121 Å². The number of aromatic nitrogens is 2. The topological polar surface area (TPSA) is 64.1 Å². The summed E-state index contributed by atoms with van der Waals surface area (Å²) in [6.07, 6.45) is 1.17. The number of methoxy groups -OCH3 is 1. The molecule has 20 heavy (non-hydrogen) atoms. The predicted octanol–water partition coefficient (Wildman–Crippen LogP) is 2.45.